The van der Waals surface area contributed by atoms with Gasteiger partial charge >= 0.3 is 0 Å². The van der Waals surface area contributed by atoms with Crippen LogP contribution in [-0.4, -0.2) is 20.0 Å². The van der Waals surface area contributed by atoms with Gasteiger partial charge in [-0.15, -0.1) is 11.3 Å². The Labute approximate surface area is 160 Å². The van der Waals surface area contributed by atoms with Gasteiger partial charge in [0, 0.05) is 40.5 Å². The number of nitrogens with one attached hydrogen (secondary N) is 1. The molecule has 0 aliphatic heterocycles. The number of nitrogens with zero attached hydrogens (tertiary/aromatic N) is 1. The lowest BCUT2D eigenvalue weighted by molar-refractivity contribution is 0.0984. The molecule has 3 nitrogen and oxygen atoms in total. The van der Waals surface area contributed by atoms with E-state index in [1.807, 2.05) is 61.5 Å². The van der Waals surface area contributed by atoms with E-state index >= 15 is 0 Å². The summed E-state index contributed by atoms with van der Waals surface area (Å²) in [5.74, 6) is -0.0824. The third-order valence-corrected chi connectivity index (χ3v) is 6.42. The molecule has 0 spiro atoms. The van der Waals surface area contributed by atoms with Gasteiger partial charge in [0.05, 0.1) is 4.21 Å². The molecule has 0 fully saturated rings. The number of hydrogen-bond donors (Lipinski definition) is 1. The predicted molar refractivity (Wildman–Crippen MR) is 109 cm³/mol. The van der Waals surface area contributed by atoms with Crippen LogP contribution in [-0.2, 0) is 0 Å². The van der Waals surface area contributed by atoms with Crippen LogP contribution in [0.25, 0.3) is 0 Å². The second-order valence-electron chi connectivity index (χ2n) is 5.49. The number of carbonyl (C=O) groups excluding carboxylic acids is 1. The number of thiophene rings is 1. The summed E-state index contributed by atoms with van der Waals surface area (Å²) in [7, 11) is 3.96. The topological polar surface area (TPSA) is 32.3 Å². The standard InChI is InChI=1S/C19H18N2OS3/c1-21(2)15-10-8-14(9-11-15)19(22)20-25-18-12-17(13-23-18)24-16-6-4-3-5-7-16/h3-13H,1-2H3,(H,20,22). The highest BCUT2D eigenvalue weighted by atomic mass is 32.2. The molecule has 1 heterocycles. The van der Waals surface area contributed by atoms with Crippen molar-refractivity contribution in [2.75, 3.05) is 19.0 Å². The van der Waals surface area contributed by atoms with Crippen molar-refractivity contribution in [3.8, 4) is 0 Å². The molecule has 0 unspecified atom stereocenters. The number of benzene rings is 2. The molecule has 0 bridgehead atoms. The van der Waals surface area contributed by atoms with E-state index in [0.29, 0.717) is 5.56 Å². The van der Waals surface area contributed by atoms with Gasteiger partial charge in [-0.3, -0.25) is 9.52 Å². The van der Waals surface area contributed by atoms with Crippen LogP contribution in [0, 0.1) is 0 Å². The second-order valence-corrected chi connectivity index (χ2v) is 8.66. The average molecular weight is 387 g/mol. The minimum Gasteiger partial charge on any atom is -0.378 e. The SMILES string of the molecule is CN(C)c1ccc(C(=O)NSc2cc(Sc3ccccc3)cs2)cc1. The van der Waals surface area contributed by atoms with Crippen LogP contribution in [0.4, 0.5) is 5.69 Å². The molecule has 2 aromatic carbocycles. The van der Waals surface area contributed by atoms with E-state index in [9.17, 15) is 4.79 Å². The summed E-state index contributed by atoms with van der Waals surface area (Å²) in [4.78, 5) is 16.7. The number of anilines is 1. The molecular formula is C19H18N2OS3. The Hall–Kier alpha value is -1.89. The quantitative estimate of drug-likeness (QED) is 0.575. The zero-order chi connectivity index (χ0) is 17.6. The molecule has 128 valence electrons. The van der Waals surface area contributed by atoms with Crippen molar-refractivity contribution in [2.45, 2.75) is 14.0 Å². The fourth-order valence-electron chi connectivity index (χ4n) is 2.10. The molecule has 0 aliphatic rings. The first-order valence-corrected chi connectivity index (χ1v) is 10.2. The third kappa shape index (κ3) is 5.04. The van der Waals surface area contributed by atoms with E-state index in [4.69, 9.17) is 0 Å². The van der Waals surface area contributed by atoms with Gasteiger partial charge in [-0.05, 0) is 54.4 Å². The van der Waals surface area contributed by atoms with Crippen LogP contribution < -0.4 is 9.62 Å². The third-order valence-electron chi connectivity index (χ3n) is 3.42. The summed E-state index contributed by atoms with van der Waals surface area (Å²) in [6.45, 7) is 0. The lowest BCUT2D eigenvalue weighted by atomic mass is 10.2. The molecule has 3 aromatic rings. The molecule has 25 heavy (non-hydrogen) atoms. The van der Waals surface area contributed by atoms with Crippen molar-refractivity contribution in [3.63, 3.8) is 0 Å². The summed E-state index contributed by atoms with van der Waals surface area (Å²) in [6, 6.07) is 19.9. The Morgan fingerprint density at radius 2 is 1.72 bits per heavy atom. The maximum atomic E-state index is 12.3. The van der Waals surface area contributed by atoms with Crippen LogP contribution in [0.2, 0.25) is 0 Å². The van der Waals surface area contributed by atoms with Crippen LogP contribution >= 0.6 is 35.0 Å². The van der Waals surface area contributed by atoms with Gasteiger partial charge in [0.15, 0.2) is 0 Å². The first kappa shape index (κ1) is 17.9. The fraction of sp³-hybridized carbons (Fsp3) is 0.105. The molecule has 0 aliphatic carbocycles. The summed E-state index contributed by atoms with van der Waals surface area (Å²) in [5, 5.41) is 2.11. The van der Waals surface area contributed by atoms with Gasteiger partial charge in [-0.25, -0.2) is 0 Å². The zero-order valence-corrected chi connectivity index (χ0v) is 16.4. The highest BCUT2D eigenvalue weighted by Gasteiger charge is 2.08. The average Bonchev–Trinajstić information content (AvgIpc) is 3.08. The lowest BCUT2D eigenvalue weighted by Crippen LogP contribution is -2.15. The molecular weight excluding hydrogens is 368 g/mol. The molecule has 0 radical (unpaired) electrons. The van der Waals surface area contributed by atoms with Gasteiger partial charge in [-0.2, -0.15) is 0 Å². The van der Waals surface area contributed by atoms with Crippen LogP contribution in [0.5, 0.6) is 0 Å². The summed E-state index contributed by atoms with van der Waals surface area (Å²) in [6.07, 6.45) is 0. The lowest BCUT2D eigenvalue weighted by Gasteiger charge is -2.12. The molecule has 1 amide bonds. The summed E-state index contributed by atoms with van der Waals surface area (Å²) < 4.78 is 3.97. The Balaban J connectivity index is 1.55. The van der Waals surface area contributed by atoms with E-state index in [1.165, 1.54) is 21.7 Å². The molecule has 3 rings (SSSR count). The molecule has 6 heteroatoms. The van der Waals surface area contributed by atoms with Gasteiger partial charge in [0.2, 0.25) is 0 Å². The first-order valence-electron chi connectivity index (χ1n) is 7.68. The molecule has 0 saturated carbocycles. The number of hydrogen-bond acceptors (Lipinski definition) is 5. The summed E-state index contributed by atoms with van der Waals surface area (Å²) >= 11 is 4.72. The minimum absolute atomic E-state index is 0.0824. The van der Waals surface area contributed by atoms with Crippen molar-refractivity contribution in [2.24, 2.45) is 0 Å². The van der Waals surface area contributed by atoms with E-state index in [2.05, 4.69) is 28.3 Å². The Bertz CT molecular complexity index is 829. The molecule has 1 aromatic heterocycles. The largest absolute Gasteiger partial charge is 0.378 e. The smallest absolute Gasteiger partial charge is 0.261 e. The Kier molecular flexibility index (Phi) is 6.07. The minimum atomic E-state index is -0.0824. The maximum Gasteiger partial charge on any atom is 0.261 e. The van der Waals surface area contributed by atoms with Crippen LogP contribution in [0.3, 0.4) is 0 Å². The Morgan fingerprint density at radius 1 is 1.00 bits per heavy atom. The zero-order valence-electron chi connectivity index (χ0n) is 13.9. The summed E-state index contributed by atoms with van der Waals surface area (Å²) in [5.41, 5.74) is 1.73. The fourth-order valence-corrected chi connectivity index (χ4v) is 4.78. The van der Waals surface area contributed by atoms with Gasteiger partial charge in [0.25, 0.3) is 5.91 Å². The highest BCUT2D eigenvalue weighted by molar-refractivity contribution is 8.00. The van der Waals surface area contributed by atoms with E-state index < -0.39 is 0 Å². The van der Waals surface area contributed by atoms with Gasteiger partial charge in [-0.1, -0.05) is 30.0 Å². The Morgan fingerprint density at radius 3 is 2.40 bits per heavy atom. The van der Waals surface area contributed by atoms with Gasteiger partial charge in [0.1, 0.15) is 0 Å². The second kappa shape index (κ2) is 8.47. The molecule has 0 atom stereocenters. The maximum absolute atomic E-state index is 12.3. The van der Waals surface area contributed by atoms with Gasteiger partial charge < -0.3 is 4.90 Å². The molecule has 1 N–H and O–H groups in total. The van der Waals surface area contributed by atoms with Crippen molar-refractivity contribution < 1.29 is 4.79 Å². The van der Waals surface area contributed by atoms with E-state index in [1.54, 1.807) is 23.1 Å². The highest BCUT2D eigenvalue weighted by Crippen LogP contribution is 2.34. The first-order chi connectivity index (χ1) is 12.1. The number of carbonyl (C=O) groups is 1. The monoisotopic (exact) mass is 386 g/mol. The van der Waals surface area contributed by atoms with Crippen molar-refractivity contribution in [1.82, 2.24) is 4.72 Å². The van der Waals surface area contributed by atoms with Crippen molar-refractivity contribution in [1.29, 1.82) is 0 Å². The van der Waals surface area contributed by atoms with E-state index in [-0.39, 0.29) is 5.91 Å². The number of rotatable bonds is 6. The van der Waals surface area contributed by atoms with Crippen LogP contribution in [0.15, 0.2) is 80.0 Å². The van der Waals surface area contributed by atoms with Crippen molar-refractivity contribution in [3.05, 3.63) is 71.6 Å². The molecule has 0 saturated heterocycles. The van der Waals surface area contributed by atoms with Crippen LogP contribution in [0.1, 0.15) is 10.4 Å². The number of amides is 1. The predicted octanol–water partition coefficient (Wildman–Crippen LogP) is 5.40. The normalized spacial score (nSPS) is 10.5. The van der Waals surface area contributed by atoms with E-state index in [0.717, 1.165) is 9.90 Å². The van der Waals surface area contributed by atoms with Crippen molar-refractivity contribution >= 4 is 46.6 Å².